The van der Waals surface area contributed by atoms with E-state index < -0.39 is 0 Å². The van der Waals surface area contributed by atoms with Crippen LogP contribution in [-0.4, -0.2) is 24.8 Å². The zero-order valence-electron chi connectivity index (χ0n) is 14.2. The number of hydrogen-bond donors (Lipinski definition) is 1. The Morgan fingerprint density at radius 2 is 1.88 bits per heavy atom. The van der Waals surface area contributed by atoms with Gasteiger partial charge < -0.3 is 14.3 Å². The van der Waals surface area contributed by atoms with Crippen LogP contribution in [-0.2, 0) is 24.3 Å². The molecule has 26 heavy (non-hydrogen) atoms. The number of hydrogen-bond acceptors (Lipinski definition) is 3. The van der Waals surface area contributed by atoms with E-state index in [1.165, 1.54) is 5.56 Å². The van der Waals surface area contributed by atoms with Gasteiger partial charge in [-0.15, -0.1) is 0 Å². The van der Waals surface area contributed by atoms with Crippen molar-refractivity contribution in [3.8, 4) is 0 Å². The highest BCUT2D eigenvalue weighted by Crippen LogP contribution is 2.11. The Hall–Kier alpha value is -3.41. The van der Waals surface area contributed by atoms with Crippen molar-refractivity contribution >= 4 is 11.6 Å². The normalized spacial score (nSPS) is 10.9. The molecular weight excluding hydrogens is 326 g/mol. The summed E-state index contributed by atoms with van der Waals surface area (Å²) in [7, 11) is 0. The van der Waals surface area contributed by atoms with Crippen molar-refractivity contribution in [2.24, 2.45) is 0 Å². The number of rotatable bonds is 6. The van der Waals surface area contributed by atoms with Crippen molar-refractivity contribution in [1.82, 2.24) is 24.3 Å². The zero-order valence-corrected chi connectivity index (χ0v) is 14.2. The van der Waals surface area contributed by atoms with Gasteiger partial charge in [0, 0.05) is 37.9 Å². The molecule has 0 aliphatic carbocycles. The number of benzene rings is 1. The second kappa shape index (κ2) is 7.23. The zero-order chi connectivity index (χ0) is 17.8. The smallest absolute Gasteiger partial charge is 0.226 e. The average Bonchev–Trinajstić information content (AvgIpc) is 3.30. The van der Waals surface area contributed by atoms with E-state index in [2.05, 4.69) is 21.4 Å². The van der Waals surface area contributed by atoms with Gasteiger partial charge in [0.15, 0.2) is 0 Å². The maximum Gasteiger partial charge on any atom is 0.226 e. The quantitative estimate of drug-likeness (QED) is 0.584. The van der Waals surface area contributed by atoms with Gasteiger partial charge >= 0.3 is 0 Å². The Morgan fingerprint density at radius 1 is 1.04 bits per heavy atom. The summed E-state index contributed by atoms with van der Waals surface area (Å²) < 4.78 is 3.93. The molecule has 0 atom stereocenters. The van der Waals surface area contributed by atoms with Crippen molar-refractivity contribution in [3.05, 3.63) is 90.4 Å². The fraction of sp³-hybridized carbons (Fsp3) is 0.150. The molecule has 130 valence electrons. The molecule has 0 saturated heterocycles. The summed E-state index contributed by atoms with van der Waals surface area (Å²) in [5.41, 5.74) is 3.88. The maximum atomic E-state index is 12.3. The molecule has 0 aliphatic rings. The van der Waals surface area contributed by atoms with Crippen molar-refractivity contribution in [2.45, 2.75) is 19.5 Å². The molecule has 0 radical (unpaired) electrons. The number of nitrogens with zero attached hydrogens (tertiary/aromatic N) is 4. The average molecular weight is 345 g/mol. The fourth-order valence-electron chi connectivity index (χ4n) is 2.95. The van der Waals surface area contributed by atoms with Crippen LogP contribution in [0, 0.1) is 0 Å². The van der Waals surface area contributed by atoms with Crippen LogP contribution in [0.15, 0.2) is 73.6 Å². The minimum absolute atomic E-state index is 0.0363. The molecule has 4 aromatic rings. The number of nitrogens with one attached hydrogen (secondary N) is 1. The molecule has 3 aromatic heterocycles. The number of imidazole rings is 2. The predicted molar refractivity (Wildman–Crippen MR) is 98.5 cm³/mol. The molecule has 0 spiro atoms. The molecule has 6 nitrogen and oxygen atoms in total. The Labute approximate surface area is 151 Å². The van der Waals surface area contributed by atoms with Crippen LogP contribution >= 0.6 is 0 Å². The highest BCUT2D eigenvalue weighted by molar-refractivity contribution is 5.78. The van der Waals surface area contributed by atoms with Crippen molar-refractivity contribution in [3.63, 3.8) is 0 Å². The standard InChI is InChI=1S/C20H19N5O/c26-20(11-18-14-25-9-4-3-7-19(25)23-18)22-12-16-5-1-2-6-17(16)13-24-10-8-21-15-24/h1-10,14-15H,11-13H2,(H,22,26). The largest absolute Gasteiger partial charge is 0.352 e. The summed E-state index contributed by atoms with van der Waals surface area (Å²) in [6.07, 6.45) is 9.57. The highest BCUT2D eigenvalue weighted by Gasteiger charge is 2.09. The summed E-state index contributed by atoms with van der Waals surface area (Å²) in [4.78, 5) is 20.9. The van der Waals surface area contributed by atoms with Gasteiger partial charge in [0.2, 0.25) is 5.91 Å². The van der Waals surface area contributed by atoms with Crippen LogP contribution in [0.2, 0.25) is 0 Å². The van der Waals surface area contributed by atoms with E-state index in [0.29, 0.717) is 6.54 Å². The van der Waals surface area contributed by atoms with E-state index in [0.717, 1.165) is 23.4 Å². The van der Waals surface area contributed by atoms with Gasteiger partial charge in [0.25, 0.3) is 0 Å². The molecule has 0 saturated carbocycles. The third kappa shape index (κ3) is 3.64. The molecule has 0 bridgehead atoms. The number of aromatic nitrogens is 4. The first-order valence-electron chi connectivity index (χ1n) is 8.50. The molecule has 1 aromatic carbocycles. The first-order valence-corrected chi connectivity index (χ1v) is 8.50. The molecule has 0 aliphatic heterocycles. The van der Waals surface area contributed by atoms with Gasteiger partial charge in [-0.05, 0) is 23.3 Å². The summed E-state index contributed by atoms with van der Waals surface area (Å²) in [5, 5.41) is 3.00. The maximum absolute atomic E-state index is 12.3. The molecule has 1 N–H and O–H groups in total. The third-order valence-electron chi connectivity index (χ3n) is 4.26. The molecular formula is C20H19N5O. The van der Waals surface area contributed by atoms with Gasteiger partial charge in [-0.1, -0.05) is 30.3 Å². The first-order chi connectivity index (χ1) is 12.8. The van der Waals surface area contributed by atoms with Crippen LogP contribution in [0.5, 0.6) is 0 Å². The topological polar surface area (TPSA) is 64.2 Å². The van der Waals surface area contributed by atoms with Gasteiger partial charge in [-0.25, -0.2) is 9.97 Å². The number of pyridine rings is 1. The lowest BCUT2D eigenvalue weighted by Gasteiger charge is -2.11. The van der Waals surface area contributed by atoms with Crippen LogP contribution < -0.4 is 5.32 Å². The number of carbonyl (C=O) groups excluding carboxylic acids is 1. The van der Waals surface area contributed by atoms with E-state index in [9.17, 15) is 4.79 Å². The lowest BCUT2D eigenvalue weighted by atomic mass is 10.1. The predicted octanol–water partition coefficient (Wildman–Crippen LogP) is 2.44. The van der Waals surface area contributed by atoms with Crippen molar-refractivity contribution in [1.29, 1.82) is 0 Å². The summed E-state index contributed by atoms with van der Waals surface area (Å²) in [6, 6.07) is 13.9. The van der Waals surface area contributed by atoms with Crippen LogP contribution in [0.4, 0.5) is 0 Å². The second-order valence-corrected chi connectivity index (χ2v) is 6.16. The van der Waals surface area contributed by atoms with Crippen LogP contribution in [0.3, 0.4) is 0 Å². The van der Waals surface area contributed by atoms with Crippen molar-refractivity contribution in [2.75, 3.05) is 0 Å². The van der Waals surface area contributed by atoms with E-state index in [-0.39, 0.29) is 12.3 Å². The molecule has 1 amide bonds. The Bertz CT molecular complexity index is 987. The highest BCUT2D eigenvalue weighted by atomic mass is 16.1. The lowest BCUT2D eigenvalue weighted by molar-refractivity contribution is -0.120. The second-order valence-electron chi connectivity index (χ2n) is 6.16. The van der Waals surface area contributed by atoms with Gasteiger partial charge in [-0.2, -0.15) is 0 Å². The number of carbonyl (C=O) groups is 1. The van der Waals surface area contributed by atoms with E-state index in [1.807, 2.05) is 64.0 Å². The minimum Gasteiger partial charge on any atom is -0.352 e. The van der Waals surface area contributed by atoms with Gasteiger partial charge in [0.05, 0.1) is 18.4 Å². The Morgan fingerprint density at radius 3 is 2.69 bits per heavy atom. The Balaban J connectivity index is 1.40. The van der Waals surface area contributed by atoms with Crippen LogP contribution in [0.25, 0.3) is 5.65 Å². The van der Waals surface area contributed by atoms with E-state index in [4.69, 9.17) is 0 Å². The summed E-state index contributed by atoms with van der Waals surface area (Å²) in [5.74, 6) is -0.0363. The lowest BCUT2D eigenvalue weighted by Crippen LogP contribution is -2.25. The molecule has 4 rings (SSSR count). The molecule has 3 heterocycles. The molecule has 0 unspecified atom stereocenters. The Kier molecular flexibility index (Phi) is 4.47. The molecule has 6 heteroatoms. The van der Waals surface area contributed by atoms with E-state index >= 15 is 0 Å². The fourth-order valence-corrected chi connectivity index (χ4v) is 2.95. The van der Waals surface area contributed by atoms with Gasteiger partial charge in [0.1, 0.15) is 5.65 Å². The van der Waals surface area contributed by atoms with Gasteiger partial charge in [-0.3, -0.25) is 4.79 Å². The van der Waals surface area contributed by atoms with E-state index in [1.54, 1.807) is 12.5 Å². The summed E-state index contributed by atoms with van der Waals surface area (Å²) >= 11 is 0. The first kappa shape index (κ1) is 16.1. The SMILES string of the molecule is O=C(Cc1cn2ccccc2n1)NCc1ccccc1Cn1ccnc1. The van der Waals surface area contributed by atoms with Crippen molar-refractivity contribution < 1.29 is 4.79 Å². The number of amides is 1. The van der Waals surface area contributed by atoms with Crippen LogP contribution in [0.1, 0.15) is 16.8 Å². The third-order valence-corrected chi connectivity index (χ3v) is 4.26. The minimum atomic E-state index is -0.0363. The molecule has 0 fully saturated rings. The number of fused-ring (bicyclic) bond motifs is 1. The monoisotopic (exact) mass is 345 g/mol. The summed E-state index contributed by atoms with van der Waals surface area (Å²) in [6.45, 7) is 1.23.